The Morgan fingerprint density at radius 1 is 1.09 bits per heavy atom. The lowest BCUT2D eigenvalue weighted by Crippen LogP contribution is -2.42. The number of aromatic amines is 1. The summed E-state index contributed by atoms with van der Waals surface area (Å²) in [6.45, 7) is 5.76. The van der Waals surface area contributed by atoms with Crippen LogP contribution in [0.15, 0.2) is 30.5 Å². The third-order valence-corrected chi connectivity index (χ3v) is 7.48. The molecule has 1 aromatic heterocycles. The average molecular weight is 450 g/mol. The van der Waals surface area contributed by atoms with Gasteiger partial charge in [-0.05, 0) is 37.3 Å². The number of aromatic nitrogens is 2. The van der Waals surface area contributed by atoms with E-state index in [1.165, 1.54) is 11.1 Å². The van der Waals surface area contributed by atoms with E-state index in [4.69, 9.17) is 0 Å². The highest BCUT2D eigenvalue weighted by Gasteiger charge is 2.37. The summed E-state index contributed by atoms with van der Waals surface area (Å²) in [4.78, 5) is 43.9. The van der Waals surface area contributed by atoms with Gasteiger partial charge in [0, 0.05) is 51.6 Å². The smallest absolute Gasteiger partial charge is 0.257 e. The van der Waals surface area contributed by atoms with Crippen LogP contribution in [-0.2, 0) is 22.6 Å². The molecule has 4 heterocycles. The highest BCUT2D eigenvalue weighted by atomic mass is 16.2. The van der Waals surface area contributed by atoms with Gasteiger partial charge in [-0.15, -0.1) is 0 Å². The van der Waals surface area contributed by atoms with Crippen LogP contribution in [0.5, 0.6) is 0 Å². The fourth-order valence-electron chi connectivity index (χ4n) is 5.51. The molecule has 8 nitrogen and oxygen atoms in total. The molecule has 3 amide bonds. The fraction of sp³-hybridized carbons (Fsp3) is 0.520. The summed E-state index contributed by atoms with van der Waals surface area (Å²) >= 11 is 0. The molecule has 1 atom stereocenters. The maximum atomic E-state index is 13.3. The van der Waals surface area contributed by atoms with Gasteiger partial charge in [0.2, 0.25) is 11.8 Å². The van der Waals surface area contributed by atoms with E-state index in [1.807, 2.05) is 28.9 Å². The predicted octanol–water partition coefficient (Wildman–Crippen LogP) is 2.18. The van der Waals surface area contributed by atoms with E-state index in [-0.39, 0.29) is 29.6 Å². The highest BCUT2D eigenvalue weighted by molar-refractivity contribution is 5.95. The van der Waals surface area contributed by atoms with Crippen molar-refractivity contribution in [1.29, 1.82) is 0 Å². The number of fused-ring (bicyclic) bond motifs is 1. The van der Waals surface area contributed by atoms with E-state index in [2.05, 4.69) is 22.3 Å². The maximum Gasteiger partial charge on any atom is 0.257 e. The van der Waals surface area contributed by atoms with Gasteiger partial charge in [-0.1, -0.05) is 24.3 Å². The zero-order valence-electron chi connectivity index (χ0n) is 19.1. The monoisotopic (exact) mass is 449 g/mol. The Morgan fingerprint density at radius 2 is 1.85 bits per heavy atom. The van der Waals surface area contributed by atoms with Gasteiger partial charge in [-0.3, -0.25) is 19.5 Å². The Morgan fingerprint density at radius 3 is 2.58 bits per heavy atom. The molecular formula is C25H31N5O3. The molecule has 3 aliphatic heterocycles. The van der Waals surface area contributed by atoms with E-state index in [0.717, 1.165) is 25.0 Å². The number of piperidine rings is 1. The molecule has 0 bridgehead atoms. The van der Waals surface area contributed by atoms with Gasteiger partial charge in [0.05, 0.1) is 23.4 Å². The van der Waals surface area contributed by atoms with E-state index in [1.54, 1.807) is 11.1 Å². The molecule has 0 spiro atoms. The van der Waals surface area contributed by atoms with Crippen LogP contribution in [-0.4, -0.2) is 75.3 Å². The molecule has 0 saturated carbocycles. The second kappa shape index (κ2) is 9.00. The zero-order valence-corrected chi connectivity index (χ0v) is 19.1. The number of benzene rings is 1. The summed E-state index contributed by atoms with van der Waals surface area (Å²) < 4.78 is 0. The predicted molar refractivity (Wildman–Crippen MR) is 122 cm³/mol. The summed E-state index contributed by atoms with van der Waals surface area (Å²) in [5, 5.41) is 7.29. The maximum absolute atomic E-state index is 13.3. The van der Waals surface area contributed by atoms with Crippen LogP contribution in [0, 0.1) is 5.92 Å². The molecule has 1 aromatic carbocycles. The number of H-pyrrole nitrogens is 1. The number of nitrogens with one attached hydrogen (secondary N) is 1. The molecule has 0 aliphatic carbocycles. The van der Waals surface area contributed by atoms with Gasteiger partial charge in [-0.2, -0.15) is 5.10 Å². The van der Waals surface area contributed by atoms with Crippen LogP contribution in [0.25, 0.3) is 0 Å². The van der Waals surface area contributed by atoms with Crippen LogP contribution in [0.1, 0.15) is 59.3 Å². The molecule has 2 fully saturated rings. The fourth-order valence-corrected chi connectivity index (χ4v) is 5.51. The van der Waals surface area contributed by atoms with Crippen molar-refractivity contribution in [3.05, 3.63) is 52.8 Å². The zero-order chi connectivity index (χ0) is 22.9. The lowest BCUT2D eigenvalue weighted by atomic mass is 9.90. The first-order chi connectivity index (χ1) is 16.0. The number of amides is 3. The molecule has 8 heteroatoms. The number of rotatable bonds is 4. The van der Waals surface area contributed by atoms with Crippen molar-refractivity contribution < 1.29 is 14.4 Å². The number of nitrogens with zero attached hydrogens (tertiary/aromatic N) is 4. The number of carbonyl (C=O) groups is 3. The largest absolute Gasteiger partial charge is 0.342 e. The summed E-state index contributed by atoms with van der Waals surface area (Å²) in [6, 6.07) is 8.30. The van der Waals surface area contributed by atoms with Gasteiger partial charge >= 0.3 is 0 Å². The van der Waals surface area contributed by atoms with E-state index < -0.39 is 0 Å². The summed E-state index contributed by atoms with van der Waals surface area (Å²) in [5.74, 6) is 0.137. The number of likely N-dealkylation sites (tertiary alicyclic amines) is 2. The lowest BCUT2D eigenvalue weighted by Gasteiger charge is -2.34. The third-order valence-electron chi connectivity index (χ3n) is 7.48. The van der Waals surface area contributed by atoms with Crippen LogP contribution >= 0.6 is 0 Å². The molecule has 1 unspecified atom stereocenters. The van der Waals surface area contributed by atoms with Crippen molar-refractivity contribution in [3.63, 3.8) is 0 Å². The van der Waals surface area contributed by atoms with Gasteiger partial charge in [0.25, 0.3) is 5.91 Å². The normalized spacial score (nSPS) is 21.4. The van der Waals surface area contributed by atoms with Crippen LogP contribution in [0.4, 0.5) is 0 Å². The Bertz CT molecular complexity index is 1060. The van der Waals surface area contributed by atoms with Gasteiger partial charge in [0.15, 0.2) is 0 Å². The van der Waals surface area contributed by atoms with E-state index >= 15 is 0 Å². The van der Waals surface area contributed by atoms with Crippen LogP contribution in [0.2, 0.25) is 0 Å². The molecule has 5 rings (SSSR count). The average Bonchev–Trinajstić information content (AvgIpc) is 3.49. The van der Waals surface area contributed by atoms with Crippen molar-refractivity contribution in [1.82, 2.24) is 24.9 Å². The second-order valence-electron chi connectivity index (χ2n) is 9.38. The Hall–Kier alpha value is -3.16. The SMILES string of the molecule is CCN1CC(C(=O)N2CCC(c3[nH]ncc3C(=O)N3CCc4ccccc4C3)CC2)CC1=O. The van der Waals surface area contributed by atoms with E-state index in [9.17, 15) is 14.4 Å². The first kappa shape index (κ1) is 21.7. The number of carbonyl (C=O) groups excluding carboxylic acids is 3. The molecule has 33 heavy (non-hydrogen) atoms. The minimum absolute atomic E-state index is 0.0240. The molecule has 174 valence electrons. The molecule has 2 saturated heterocycles. The third kappa shape index (κ3) is 4.14. The quantitative estimate of drug-likeness (QED) is 0.775. The molecule has 0 radical (unpaired) electrons. The Balaban J connectivity index is 1.21. The van der Waals surface area contributed by atoms with Crippen molar-refractivity contribution >= 4 is 17.7 Å². The van der Waals surface area contributed by atoms with Crippen molar-refractivity contribution in [3.8, 4) is 0 Å². The molecule has 2 aromatic rings. The number of hydrogen-bond acceptors (Lipinski definition) is 4. The molecular weight excluding hydrogens is 418 g/mol. The first-order valence-corrected chi connectivity index (χ1v) is 12.0. The van der Waals surface area contributed by atoms with Crippen molar-refractivity contribution in [2.45, 2.75) is 45.1 Å². The summed E-state index contributed by atoms with van der Waals surface area (Å²) in [7, 11) is 0. The molecule has 3 aliphatic rings. The second-order valence-corrected chi connectivity index (χ2v) is 9.38. The number of hydrogen-bond donors (Lipinski definition) is 1. The van der Waals surface area contributed by atoms with Crippen molar-refractivity contribution in [2.24, 2.45) is 5.92 Å². The lowest BCUT2D eigenvalue weighted by molar-refractivity contribution is -0.136. The summed E-state index contributed by atoms with van der Waals surface area (Å²) in [6.07, 6.45) is 4.42. The van der Waals surface area contributed by atoms with Gasteiger partial charge in [0.1, 0.15) is 0 Å². The Labute approximate surface area is 193 Å². The van der Waals surface area contributed by atoms with Crippen LogP contribution in [0.3, 0.4) is 0 Å². The van der Waals surface area contributed by atoms with Gasteiger partial charge < -0.3 is 14.7 Å². The standard InChI is InChI=1S/C25H31N5O3/c1-2-28-16-20(13-22(28)31)24(32)29-10-8-18(9-11-29)23-21(14-26-27-23)25(33)30-12-7-17-5-3-4-6-19(17)15-30/h3-6,14,18,20H,2,7-13,15-16H2,1H3,(H,26,27). The first-order valence-electron chi connectivity index (χ1n) is 12.0. The van der Waals surface area contributed by atoms with Crippen LogP contribution < -0.4 is 0 Å². The Kier molecular flexibility index (Phi) is 5.91. The summed E-state index contributed by atoms with van der Waals surface area (Å²) in [5.41, 5.74) is 4.07. The highest BCUT2D eigenvalue weighted by Crippen LogP contribution is 2.32. The topological polar surface area (TPSA) is 89.6 Å². The molecule has 1 N–H and O–H groups in total. The van der Waals surface area contributed by atoms with E-state index in [0.29, 0.717) is 51.3 Å². The minimum Gasteiger partial charge on any atom is -0.342 e. The van der Waals surface area contributed by atoms with Gasteiger partial charge in [-0.25, -0.2) is 0 Å². The minimum atomic E-state index is -0.222. The van der Waals surface area contributed by atoms with Crippen molar-refractivity contribution in [2.75, 3.05) is 32.7 Å².